The van der Waals surface area contributed by atoms with E-state index in [0.717, 1.165) is 44.7 Å². The molecule has 0 aliphatic carbocycles. The van der Waals surface area contributed by atoms with Gasteiger partial charge in [0.15, 0.2) is 0 Å². The largest absolute Gasteiger partial charge is 0.371 e. The molecular formula is C16H24ClN3O. The summed E-state index contributed by atoms with van der Waals surface area (Å²) in [5.41, 5.74) is 2.15. The van der Waals surface area contributed by atoms with Gasteiger partial charge in [0.2, 0.25) is 5.91 Å². The molecule has 2 aliphatic rings. The summed E-state index contributed by atoms with van der Waals surface area (Å²) in [5.74, 6) is 0.259. The molecule has 0 spiro atoms. The van der Waals surface area contributed by atoms with E-state index in [4.69, 9.17) is 0 Å². The number of rotatable bonds is 3. The summed E-state index contributed by atoms with van der Waals surface area (Å²) in [7, 11) is 0. The second-order valence-electron chi connectivity index (χ2n) is 5.78. The summed E-state index contributed by atoms with van der Waals surface area (Å²) in [5, 5.41) is 6.36. The lowest BCUT2D eigenvalue weighted by Crippen LogP contribution is -2.37. The highest BCUT2D eigenvalue weighted by atomic mass is 35.5. The van der Waals surface area contributed by atoms with Gasteiger partial charge in [-0.25, -0.2) is 0 Å². The SMILES string of the molecule is Cl.O=C(Nc1cccc(N2CCCC2)c1)[C@@H]1CCCNC1. The Labute approximate surface area is 132 Å². The fourth-order valence-corrected chi connectivity index (χ4v) is 3.08. The smallest absolute Gasteiger partial charge is 0.228 e. The lowest BCUT2D eigenvalue weighted by Gasteiger charge is -2.22. The van der Waals surface area contributed by atoms with Crippen LogP contribution in [0.2, 0.25) is 0 Å². The number of hydrogen-bond donors (Lipinski definition) is 2. The summed E-state index contributed by atoms with van der Waals surface area (Å²) >= 11 is 0. The number of nitrogens with zero attached hydrogens (tertiary/aromatic N) is 1. The summed E-state index contributed by atoms with van der Waals surface area (Å²) in [6.07, 6.45) is 4.62. The maximum atomic E-state index is 12.2. The van der Waals surface area contributed by atoms with Crippen molar-refractivity contribution in [3.05, 3.63) is 24.3 Å². The molecule has 2 aliphatic heterocycles. The topological polar surface area (TPSA) is 44.4 Å². The van der Waals surface area contributed by atoms with Gasteiger partial charge in [-0.15, -0.1) is 12.4 Å². The van der Waals surface area contributed by atoms with Crippen LogP contribution in [-0.4, -0.2) is 32.1 Å². The number of benzene rings is 1. The van der Waals surface area contributed by atoms with Gasteiger partial charge in [-0.3, -0.25) is 4.79 Å². The molecule has 0 bridgehead atoms. The van der Waals surface area contributed by atoms with E-state index in [9.17, 15) is 4.79 Å². The van der Waals surface area contributed by atoms with Crippen molar-refractivity contribution in [2.75, 3.05) is 36.4 Å². The molecule has 2 N–H and O–H groups in total. The molecule has 4 nitrogen and oxygen atoms in total. The Morgan fingerprint density at radius 1 is 1.24 bits per heavy atom. The standard InChI is InChI=1S/C16H23N3O.ClH/c20-16(13-5-4-8-17-12-13)18-14-6-3-7-15(11-14)19-9-1-2-10-19;/h3,6-7,11,13,17H,1-2,4-5,8-10,12H2,(H,18,20);1H/t13-;/m1./s1. The minimum absolute atomic E-state index is 0. The number of carbonyl (C=O) groups is 1. The number of amides is 1. The summed E-state index contributed by atoms with van der Waals surface area (Å²) in [4.78, 5) is 14.6. The minimum Gasteiger partial charge on any atom is -0.371 e. The van der Waals surface area contributed by atoms with Crippen LogP contribution >= 0.6 is 12.4 Å². The van der Waals surface area contributed by atoms with Crippen molar-refractivity contribution < 1.29 is 4.79 Å². The second-order valence-corrected chi connectivity index (χ2v) is 5.78. The first-order valence-electron chi connectivity index (χ1n) is 7.69. The molecule has 2 saturated heterocycles. The van der Waals surface area contributed by atoms with Crippen LogP contribution < -0.4 is 15.5 Å². The van der Waals surface area contributed by atoms with E-state index in [2.05, 4.69) is 27.7 Å². The molecule has 1 atom stereocenters. The second kappa shape index (κ2) is 7.66. The Morgan fingerprint density at radius 2 is 2.05 bits per heavy atom. The van der Waals surface area contributed by atoms with Crippen molar-refractivity contribution in [3.63, 3.8) is 0 Å². The van der Waals surface area contributed by atoms with Crippen molar-refractivity contribution in [1.29, 1.82) is 0 Å². The van der Waals surface area contributed by atoms with Crippen molar-refractivity contribution in [1.82, 2.24) is 5.32 Å². The monoisotopic (exact) mass is 309 g/mol. The van der Waals surface area contributed by atoms with Gasteiger partial charge in [-0.05, 0) is 50.4 Å². The first-order chi connectivity index (χ1) is 9.83. The van der Waals surface area contributed by atoms with E-state index in [1.807, 2.05) is 12.1 Å². The van der Waals surface area contributed by atoms with Gasteiger partial charge in [-0.1, -0.05) is 6.07 Å². The highest BCUT2D eigenvalue weighted by Crippen LogP contribution is 2.24. The molecule has 0 unspecified atom stereocenters. The van der Waals surface area contributed by atoms with Crippen LogP contribution in [0, 0.1) is 5.92 Å². The predicted molar refractivity (Wildman–Crippen MR) is 89.4 cm³/mol. The number of anilines is 2. The van der Waals surface area contributed by atoms with Crippen molar-refractivity contribution in [3.8, 4) is 0 Å². The molecular weight excluding hydrogens is 286 g/mol. The highest BCUT2D eigenvalue weighted by Gasteiger charge is 2.21. The van der Waals surface area contributed by atoms with Gasteiger partial charge in [0.1, 0.15) is 0 Å². The van der Waals surface area contributed by atoms with Crippen molar-refractivity contribution >= 4 is 29.7 Å². The molecule has 1 amide bonds. The fourth-order valence-electron chi connectivity index (χ4n) is 3.08. The van der Waals surface area contributed by atoms with Crippen LogP contribution in [0.3, 0.4) is 0 Å². The first kappa shape index (κ1) is 16.1. The summed E-state index contributed by atoms with van der Waals surface area (Å²) < 4.78 is 0. The molecule has 1 aromatic carbocycles. The quantitative estimate of drug-likeness (QED) is 0.902. The third kappa shape index (κ3) is 4.11. The molecule has 5 heteroatoms. The van der Waals surface area contributed by atoms with Crippen LogP contribution in [-0.2, 0) is 4.79 Å². The fraction of sp³-hybridized carbons (Fsp3) is 0.562. The zero-order valence-electron chi connectivity index (χ0n) is 12.3. The molecule has 1 aromatic rings. The lowest BCUT2D eigenvalue weighted by atomic mass is 9.99. The number of hydrogen-bond acceptors (Lipinski definition) is 3. The third-order valence-corrected chi connectivity index (χ3v) is 4.25. The van der Waals surface area contributed by atoms with Gasteiger partial charge in [-0.2, -0.15) is 0 Å². The van der Waals surface area contributed by atoms with Crippen LogP contribution in [0.5, 0.6) is 0 Å². The summed E-state index contributed by atoms with van der Waals surface area (Å²) in [6, 6.07) is 8.23. The Kier molecular flexibility index (Phi) is 5.88. The van der Waals surface area contributed by atoms with Crippen molar-refractivity contribution in [2.45, 2.75) is 25.7 Å². The molecule has 116 valence electrons. The predicted octanol–water partition coefficient (Wildman–Crippen LogP) is 2.65. The van der Waals surface area contributed by atoms with Gasteiger partial charge >= 0.3 is 0 Å². The van der Waals surface area contributed by atoms with Crippen LogP contribution in [0.4, 0.5) is 11.4 Å². The van der Waals surface area contributed by atoms with E-state index in [-0.39, 0.29) is 24.2 Å². The average Bonchev–Trinajstić information content (AvgIpc) is 3.03. The number of halogens is 1. The van der Waals surface area contributed by atoms with Crippen LogP contribution in [0.25, 0.3) is 0 Å². The van der Waals surface area contributed by atoms with E-state index < -0.39 is 0 Å². The Balaban J connectivity index is 0.00000161. The van der Waals surface area contributed by atoms with Gasteiger partial charge in [0.05, 0.1) is 5.92 Å². The number of nitrogens with one attached hydrogen (secondary N) is 2. The van der Waals surface area contributed by atoms with E-state index in [0.29, 0.717) is 0 Å². The molecule has 2 fully saturated rings. The molecule has 2 heterocycles. The van der Waals surface area contributed by atoms with Gasteiger partial charge in [0.25, 0.3) is 0 Å². The molecule has 3 rings (SSSR count). The number of carbonyl (C=O) groups excluding carboxylic acids is 1. The zero-order chi connectivity index (χ0) is 13.8. The molecule has 0 saturated carbocycles. The van der Waals surface area contributed by atoms with E-state index >= 15 is 0 Å². The Morgan fingerprint density at radius 3 is 2.76 bits per heavy atom. The van der Waals surface area contributed by atoms with Gasteiger partial charge in [0, 0.05) is 31.0 Å². The van der Waals surface area contributed by atoms with E-state index in [1.165, 1.54) is 18.5 Å². The highest BCUT2D eigenvalue weighted by molar-refractivity contribution is 5.93. The van der Waals surface area contributed by atoms with Crippen LogP contribution in [0.1, 0.15) is 25.7 Å². The van der Waals surface area contributed by atoms with E-state index in [1.54, 1.807) is 0 Å². The first-order valence-corrected chi connectivity index (χ1v) is 7.69. The maximum absolute atomic E-state index is 12.2. The van der Waals surface area contributed by atoms with Gasteiger partial charge < -0.3 is 15.5 Å². The van der Waals surface area contributed by atoms with Crippen LogP contribution in [0.15, 0.2) is 24.3 Å². The molecule has 21 heavy (non-hydrogen) atoms. The molecule has 0 radical (unpaired) electrons. The number of piperidine rings is 1. The molecule has 0 aromatic heterocycles. The summed E-state index contributed by atoms with van der Waals surface area (Å²) in [6.45, 7) is 4.10. The maximum Gasteiger partial charge on any atom is 0.228 e. The Hall–Kier alpha value is -1.26. The zero-order valence-corrected chi connectivity index (χ0v) is 13.1. The minimum atomic E-state index is 0. The van der Waals surface area contributed by atoms with Crippen molar-refractivity contribution in [2.24, 2.45) is 5.92 Å². The average molecular weight is 310 g/mol. The third-order valence-electron chi connectivity index (χ3n) is 4.25. The normalized spacial score (nSPS) is 21.7. The Bertz CT molecular complexity index is 468. The lowest BCUT2D eigenvalue weighted by molar-refractivity contribution is -0.120.